The Hall–Kier alpha value is -2.17. The standard InChI is InChI=1S/C15H15FN2O2/c1-20-14(19)5-4-12-15-11(6-7-17-12)10-3-2-9(16)8-13(10)18-15/h2-3,8,18H,4-7H2,1H3. The highest BCUT2D eigenvalue weighted by Gasteiger charge is 2.20. The first-order valence-corrected chi connectivity index (χ1v) is 6.59. The summed E-state index contributed by atoms with van der Waals surface area (Å²) in [5, 5.41) is 1.03. The minimum absolute atomic E-state index is 0.248. The lowest BCUT2D eigenvalue weighted by atomic mass is 10.00. The third kappa shape index (κ3) is 2.19. The van der Waals surface area contributed by atoms with E-state index in [0.29, 0.717) is 19.4 Å². The summed E-state index contributed by atoms with van der Waals surface area (Å²) in [7, 11) is 1.38. The fraction of sp³-hybridized carbons (Fsp3) is 0.333. The summed E-state index contributed by atoms with van der Waals surface area (Å²) in [6.45, 7) is 0.702. The van der Waals surface area contributed by atoms with E-state index in [-0.39, 0.29) is 11.8 Å². The molecule has 0 aliphatic carbocycles. The van der Waals surface area contributed by atoms with E-state index >= 15 is 0 Å². The van der Waals surface area contributed by atoms with E-state index in [4.69, 9.17) is 0 Å². The molecule has 0 amide bonds. The zero-order valence-corrected chi connectivity index (χ0v) is 11.2. The number of carbonyl (C=O) groups excluding carboxylic acids is 1. The van der Waals surface area contributed by atoms with E-state index < -0.39 is 0 Å². The van der Waals surface area contributed by atoms with Crippen LogP contribution in [-0.2, 0) is 16.0 Å². The first kappa shape index (κ1) is 12.8. The molecular formula is C15H15FN2O2. The van der Waals surface area contributed by atoms with Crippen LogP contribution in [0.3, 0.4) is 0 Å². The van der Waals surface area contributed by atoms with Gasteiger partial charge in [0.05, 0.1) is 24.9 Å². The topological polar surface area (TPSA) is 54.4 Å². The maximum absolute atomic E-state index is 13.3. The van der Waals surface area contributed by atoms with Gasteiger partial charge in [0.1, 0.15) is 5.82 Å². The van der Waals surface area contributed by atoms with Crippen LogP contribution in [0.15, 0.2) is 23.2 Å². The number of aromatic amines is 1. The van der Waals surface area contributed by atoms with Crippen molar-refractivity contribution in [3.63, 3.8) is 0 Å². The fourth-order valence-corrected chi connectivity index (χ4v) is 2.64. The predicted molar refractivity (Wildman–Crippen MR) is 74.6 cm³/mol. The summed E-state index contributed by atoms with van der Waals surface area (Å²) in [4.78, 5) is 19.0. The van der Waals surface area contributed by atoms with Gasteiger partial charge in [-0.1, -0.05) is 0 Å². The number of nitrogens with one attached hydrogen (secondary N) is 1. The smallest absolute Gasteiger partial charge is 0.305 e. The molecule has 0 spiro atoms. The Morgan fingerprint density at radius 3 is 3.15 bits per heavy atom. The van der Waals surface area contributed by atoms with E-state index in [1.165, 1.54) is 19.2 Å². The lowest BCUT2D eigenvalue weighted by molar-refractivity contribution is -0.140. The molecule has 2 aromatic rings. The molecule has 0 bridgehead atoms. The van der Waals surface area contributed by atoms with Crippen LogP contribution in [0.1, 0.15) is 24.1 Å². The van der Waals surface area contributed by atoms with Crippen LogP contribution in [0.25, 0.3) is 10.9 Å². The summed E-state index contributed by atoms with van der Waals surface area (Å²) in [6.07, 6.45) is 1.68. The van der Waals surface area contributed by atoms with Crippen molar-refractivity contribution in [3.8, 4) is 0 Å². The van der Waals surface area contributed by atoms with E-state index in [0.717, 1.165) is 34.3 Å². The lowest BCUT2D eigenvalue weighted by Gasteiger charge is -2.12. The number of benzene rings is 1. The molecule has 0 atom stereocenters. The Morgan fingerprint density at radius 2 is 2.35 bits per heavy atom. The predicted octanol–water partition coefficient (Wildman–Crippen LogP) is 2.61. The van der Waals surface area contributed by atoms with E-state index in [1.807, 2.05) is 0 Å². The molecule has 0 radical (unpaired) electrons. The Kier molecular flexibility index (Phi) is 3.26. The number of esters is 1. The number of rotatable bonds is 3. The molecule has 4 nitrogen and oxygen atoms in total. The van der Waals surface area contributed by atoms with Gasteiger partial charge in [0.2, 0.25) is 0 Å². The van der Waals surface area contributed by atoms with Crippen molar-refractivity contribution < 1.29 is 13.9 Å². The Balaban J connectivity index is 1.96. The second-order valence-electron chi connectivity index (χ2n) is 4.82. The third-order valence-corrected chi connectivity index (χ3v) is 3.61. The van der Waals surface area contributed by atoms with E-state index in [2.05, 4.69) is 14.7 Å². The molecule has 3 rings (SSSR count). The minimum atomic E-state index is -0.260. The zero-order valence-electron chi connectivity index (χ0n) is 11.2. The summed E-state index contributed by atoms with van der Waals surface area (Å²) in [5.41, 5.74) is 3.74. The van der Waals surface area contributed by atoms with Gasteiger partial charge in [-0.2, -0.15) is 0 Å². The number of hydrogen-bond acceptors (Lipinski definition) is 3. The van der Waals surface area contributed by atoms with Crippen molar-refractivity contribution >= 4 is 22.6 Å². The van der Waals surface area contributed by atoms with Gasteiger partial charge in [-0.25, -0.2) is 4.39 Å². The number of aliphatic imine (C=N–C) groups is 1. The molecule has 20 heavy (non-hydrogen) atoms. The van der Waals surface area contributed by atoms with Crippen molar-refractivity contribution in [3.05, 3.63) is 35.3 Å². The van der Waals surface area contributed by atoms with Crippen molar-refractivity contribution in [2.24, 2.45) is 4.99 Å². The van der Waals surface area contributed by atoms with Crippen LogP contribution in [0.5, 0.6) is 0 Å². The highest BCUT2D eigenvalue weighted by atomic mass is 19.1. The summed E-state index contributed by atoms with van der Waals surface area (Å²) in [6, 6.07) is 4.76. The highest BCUT2D eigenvalue weighted by molar-refractivity contribution is 6.06. The number of ether oxygens (including phenoxy) is 1. The molecule has 1 aromatic heterocycles. The molecule has 2 heterocycles. The van der Waals surface area contributed by atoms with Crippen LogP contribution >= 0.6 is 0 Å². The molecule has 1 aromatic carbocycles. The number of nitrogens with zero attached hydrogens (tertiary/aromatic N) is 1. The average Bonchev–Trinajstić information content (AvgIpc) is 2.82. The van der Waals surface area contributed by atoms with Gasteiger partial charge in [-0.3, -0.25) is 9.79 Å². The van der Waals surface area contributed by atoms with Gasteiger partial charge in [0, 0.05) is 23.9 Å². The first-order valence-electron chi connectivity index (χ1n) is 6.59. The van der Waals surface area contributed by atoms with Crippen molar-refractivity contribution in [1.82, 2.24) is 4.98 Å². The number of methoxy groups -OCH3 is 1. The van der Waals surface area contributed by atoms with E-state index in [9.17, 15) is 9.18 Å². The zero-order chi connectivity index (χ0) is 14.1. The molecule has 0 unspecified atom stereocenters. The number of carbonyl (C=O) groups is 1. The number of hydrogen-bond donors (Lipinski definition) is 1. The molecule has 5 heteroatoms. The van der Waals surface area contributed by atoms with Crippen LogP contribution in [0.2, 0.25) is 0 Å². The van der Waals surface area contributed by atoms with Gasteiger partial charge in [0.25, 0.3) is 0 Å². The van der Waals surface area contributed by atoms with Crippen LogP contribution < -0.4 is 0 Å². The number of fused-ring (bicyclic) bond motifs is 3. The number of halogens is 1. The van der Waals surface area contributed by atoms with Gasteiger partial charge in [0.15, 0.2) is 0 Å². The molecular weight excluding hydrogens is 259 g/mol. The highest BCUT2D eigenvalue weighted by Crippen LogP contribution is 2.27. The van der Waals surface area contributed by atoms with Crippen LogP contribution in [-0.4, -0.2) is 30.3 Å². The fourth-order valence-electron chi connectivity index (χ4n) is 2.64. The average molecular weight is 274 g/mol. The van der Waals surface area contributed by atoms with Crippen molar-refractivity contribution in [2.75, 3.05) is 13.7 Å². The quantitative estimate of drug-likeness (QED) is 0.875. The molecule has 0 fully saturated rings. The second kappa shape index (κ2) is 5.07. The second-order valence-corrected chi connectivity index (χ2v) is 4.82. The maximum atomic E-state index is 13.3. The maximum Gasteiger partial charge on any atom is 0.305 e. The molecule has 0 saturated heterocycles. The number of aromatic nitrogens is 1. The van der Waals surface area contributed by atoms with Crippen molar-refractivity contribution in [1.29, 1.82) is 0 Å². The summed E-state index contributed by atoms with van der Waals surface area (Å²) < 4.78 is 17.9. The lowest BCUT2D eigenvalue weighted by Crippen LogP contribution is -2.14. The van der Waals surface area contributed by atoms with Crippen LogP contribution in [0.4, 0.5) is 4.39 Å². The largest absolute Gasteiger partial charge is 0.469 e. The van der Waals surface area contributed by atoms with Crippen molar-refractivity contribution in [2.45, 2.75) is 19.3 Å². The molecule has 104 valence electrons. The van der Waals surface area contributed by atoms with E-state index in [1.54, 1.807) is 6.07 Å². The molecule has 1 aliphatic rings. The Morgan fingerprint density at radius 1 is 1.50 bits per heavy atom. The normalized spacial score (nSPS) is 14.0. The van der Waals surface area contributed by atoms with Crippen LogP contribution in [0, 0.1) is 5.82 Å². The summed E-state index contributed by atoms with van der Waals surface area (Å²) in [5.74, 6) is -0.508. The monoisotopic (exact) mass is 274 g/mol. The first-order chi connectivity index (χ1) is 9.69. The molecule has 0 saturated carbocycles. The molecule has 1 N–H and O–H groups in total. The Bertz CT molecular complexity index is 703. The Labute approximate surface area is 115 Å². The minimum Gasteiger partial charge on any atom is -0.469 e. The summed E-state index contributed by atoms with van der Waals surface area (Å²) >= 11 is 0. The molecule has 1 aliphatic heterocycles. The van der Waals surface area contributed by atoms with Gasteiger partial charge < -0.3 is 9.72 Å². The SMILES string of the molecule is COC(=O)CCC1=NCCc2c1[nH]c1cc(F)ccc21. The van der Waals surface area contributed by atoms with Gasteiger partial charge >= 0.3 is 5.97 Å². The van der Waals surface area contributed by atoms with Gasteiger partial charge in [-0.15, -0.1) is 0 Å². The number of H-pyrrole nitrogens is 1. The van der Waals surface area contributed by atoms with Gasteiger partial charge in [-0.05, 0) is 30.2 Å². The third-order valence-electron chi connectivity index (χ3n) is 3.61.